The first-order chi connectivity index (χ1) is 14.9. The van der Waals surface area contributed by atoms with E-state index in [9.17, 15) is 14.0 Å². The van der Waals surface area contributed by atoms with Crippen LogP contribution in [0.25, 0.3) is 0 Å². The largest absolute Gasteiger partial charge is 0.484 e. The molecule has 1 aliphatic rings. The van der Waals surface area contributed by atoms with Crippen molar-refractivity contribution in [2.75, 3.05) is 6.61 Å². The maximum atomic E-state index is 13.1. The minimum Gasteiger partial charge on any atom is -0.484 e. The molecule has 7 heteroatoms. The van der Waals surface area contributed by atoms with E-state index in [-0.39, 0.29) is 36.8 Å². The fraction of sp³-hybridized carbons (Fsp3) is 0.417. The summed E-state index contributed by atoms with van der Waals surface area (Å²) in [6, 6.07) is 12.7. The number of rotatable bonds is 8. The van der Waals surface area contributed by atoms with Crippen molar-refractivity contribution in [1.82, 2.24) is 10.2 Å². The predicted molar refractivity (Wildman–Crippen MR) is 121 cm³/mol. The maximum Gasteiger partial charge on any atom is 0.261 e. The lowest BCUT2D eigenvalue weighted by Crippen LogP contribution is -2.51. The number of hydrogen-bond donors (Lipinski definition) is 1. The summed E-state index contributed by atoms with van der Waals surface area (Å²) in [4.78, 5) is 27.5. The Morgan fingerprint density at radius 2 is 1.87 bits per heavy atom. The number of amides is 2. The molecule has 2 aromatic rings. The number of nitrogens with zero attached hydrogens (tertiary/aromatic N) is 1. The lowest BCUT2D eigenvalue weighted by Gasteiger charge is -2.31. The number of ether oxygens (including phenoxy) is 1. The van der Waals surface area contributed by atoms with Gasteiger partial charge >= 0.3 is 0 Å². The van der Waals surface area contributed by atoms with Gasteiger partial charge in [0.25, 0.3) is 5.91 Å². The van der Waals surface area contributed by atoms with Crippen molar-refractivity contribution in [2.24, 2.45) is 0 Å². The lowest BCUT2D eigenvalue weighted by atomic mass is 9.95. The van der Waals surface area contributed by atoms with E-state index in [0.717, 1.165) is 35.7 Å². The van der Waals surface area contributed by atoms with Crippen LogP contribution in [0.15, 0.2) is 53.0 Å². The minimum atomic E-state index is -0.648. The summed E-state index contributed by atoms with van der Waals surface area (Å²) >= 11 is 3.45. The van der Waals surface area contributed by atoms with Crippen LogP contribution in [0.2, 0.25) is 0 Å². The third-order valence-corrected chi connectivity index (χ3v) is 6.03. The molecule has 5 nitrogen and oxygen atoms in total. The molecular weight excluding hydrogens is 463 g/mol. The molecule has 0 bridgehead atoms. The molecule has 1 saturated carbocycles. The highest BCUT2D eigenvalue weighted by Gasteiger charge is 2.28. The number of carbonyl (C=O) groups excluding carboxylic acids is 2. The Morgan fingerprint density at radius 3 is 2.55 bits per heavy atom. The standard InChI is InChI=1S/C24H28BrFN2O3/c1-17(24(30)27-21-8-3-2-4-9-21)28(15-18-6-5-7-19(25)14-18)23(29)16-31-22-12-10-20(26)11-13-22/h5-7,10-14,17,21H,2-4,8-9,15-16H2,1H3,(H,27,30). The van der Waals surface area contributed by atoms with Gasteiger partial charge in [0.05, 0.1) is 0 Å². The van der Waals surface area contributed by atoms with E-state index >= 15 is 0 Å². The summed E-state index contributed by atoms with van der Waals surface area (Å²) in [6.07, 6.45) is 5.39. The SMILES string of the molecule is CC(C(=O)NC1CCCCC1)N(Cc1cccc(Br)c1)C(=O)COc1ccc(F)cc1. The van der Waals surface area contributed by atoms with Crippen LogP contribution in [-0.4, -0.2) is 35.4 Å². The van der Waals surface area contributed by atoms with Gasteiger partial charge < -0.3 is 15.0 Å². The Balaban J connectivity index is 1.70. The van der Waals surface area contributed by atoms with Crippen LogP contribution >= 0.6 is 15.9 Å². The average molecular weight is 491 g/mol. The van der Waals surface area contributed by atoms with E-state index in [1.54, 1.807) is 6.92 Å². The predicted octanol–water partition coefficient (Wildman–Crippen LogP) is 4.83. The van der Waals surface area contributed by atoms with E-state index in [2.05, 4.69) is 21.2 Å². The third-order valence-electron chi connectivity index (χ3n) is 5.54. The molecule has 2 aromatic carbocycles. The lowest BCUT2D eigenvalue weighted by molar-refractivity contribution is -0.142. The molecule has 0 heterocycles. The molecule has 0 aliphatic heterocycles. The molecule has 166 valence electrons. The molecule has 1 N–H and O–H groups in total. The van der Waals surface area contributed by atoms with Crippen molar-refractivity contribution in [3.05, 3.63) is 64.4 Å². The van der Waals surface area contributed by atoms with Crippen molar-refractivity contribution in [2.45, 2.75) is 57.7 Å². The summed E-state index contributed by atoms with van der Waals surface area (Å²) in [6.45, 7) is 1.79. The van der Waals surface area contributed by atoms with E-state index < -0.39 is 6.04 Å². The molecule has 1 atom stereocenters. The van der Waals surface area contributed by atoms with E-state index in [4.69, 9.17) is 4.74 Å². The van der Waals surface area contributed by atoms with Crippen LogP contribution < -0.4 is 10.1 Å². The van der Waals surface area contributed by atoms with Crippen molar-refractivity contribution in [3.63, 3.8) is 0 Å². The van der Waals surface area contributed by atoms with Crippen LogP contribution in [0.1, 0.15) is 44.6 Å². The Hall–Kier alpha value is -2.41. The van der Waals surface area contributed by atoms with Gasteiger partial charge in [-0.15, -0.1) is 0 Å². The van der Waals surface area contributed by atoms with Gasteiger partial charge in [-0.25, -0.2) is 4.39 Å². The second-order valence-corrected chi connectivity index (χ2v) is 8.83. The van der Waals surface area contributed by atoms with Gasteiger partial charge in [0.1, 0.15) is 17.6 Å². The quantitative estimate of drug-likeness (QED) is 0.576. The Labute approximate surface area is 191 Å². The van der Waals surface area contributed by atoms with Crippen molar-refractivity contribution in [1.29, 1.82) is 0 Å². The van der Waals surface area contributed by atoms with E-state index in [1.807, 2.05) is 24.3 Å². The highest BCUT2D eigenvalue weighted by molar-refractivity contribution is 9.10. The third kappa shape index (κ3) is 7.06. The summed E-state index contributed by atoms with van der Waals surface area (Å²) < 4.78 is 19.5. The highest BCUT2D eigenvalue weighted by atomic mass is 79.9. The van der Waals surface area contributed by atoms with Crippen molar-refractivity contribution < 1.29 is 18.7 Å². The molecule has 1 aliphatic carbocycles. The Kier molecular flexibility index (Phi) is 8.46. The number of halogens is 2. The number of hydrogen-bond acceptors (Lipinski definition) is 3. The second-order valence-electron chi connectivity index (χ2n) is 7.91. The zero-order valence-electron chi connectivity index (χ0n) is 17.7. The fourth-order valence-electron chi connectivity index (χ4n) is 3.74. The van der Waals surface area contributed by atoms with Gasteiger partial charge in [0.15, 0.2) is 6.61 Å². The number of nitrogens with one attached hydrogen (secondary N) is 1. The molecular formula is C24H28BrFN2O3. The monoisotopic (exact) mass is 490 g/mol. The first kappa shape index (κ1) is 23.3. The topological polar surface area (TPSA) is 58.6 Å². The molecule has 0 spiro atoms. The second kappa shape index (κ2) is 11.3. The van der Waals surface area contributed by atoms with Crippen LogP contribution in [0.4, 0.5) is 4.39 Å². The van der Waals surface area contributed by atoms with Crippen LogP contribution in [0.3, 0.4) is 0 Å². The van der Waals surface area contributed by atoms with Gasteiger partial charge in [-0.2, -0.15) is 0 Å². The van der Waals surface area contributed by atoms with Gasteiger partial charge in [0.2, 0.25) is 5.91 Å². The molecule has 1 fully saturated rings. The number of benzene rings is 2. The van der Waals surface area contributed by atoms with Gasteiger partial charge in [-0.1, -0.05) is 47.3 Å². The summed E-state index contributed by atoms with van der Waals surface area (Å²) in [5.74, 6) is -0.438. The normalized spacial score (nSPS) is 15.2. The van der Waals surface area contributed by atoms with Crippen molar-refractivity contribution in [3.8, 4) is 5.75 Å². The summed E-state index contributed by atoms with van der Waals surface area (Å²) in [7, 11) is 0. The molecule has 2 amide bonds. The molecule has 0 saturated heterocycles. The smallest absolute Gasteiger partial charge is 0.261 e. The fourth-order valence-corrected chi connectivity index (χ4v) is 4.19. The molecule has 0 radical (unpaired) electrons. The highest BCUT2D eigenvalue weighted by Crippen LogP contribution is 2.19. The molecule has 3 rings (SSSR count). The zero-order chi connectivity index (χ0) is 22.2. The zero-order valence-corrected chi connectivity index (χ0v) is 19.2. The first-order valence-corrected chi connectivity index (χ1v) is 11.4. The van der Waals surface area contributed by atoms with Crippen molar-refractivity contribution >= 4 is 27.7 Å². The molecule has 1 unspecified atom stereocenters. The molecule has 0 aromatic heterocycles. The molecule has 31 heavy (non-hydrogen) atoms. The summed E-state index contributed by atoms with van der Waals surface area (Å²) in [5.41, 5.74) is 0.904. The van der Waals surface area contributed by atoms with Gasteiger partial charge in [-0.05, 0) is 61.7 Å². The van der Waals surface area contributed by atoms with Gasteiger partial charge in [-0.3, -0.25) is 9.59 Å². The van der Waals surface area contributed by atoms with Crippen LogP contribution in [0.5, 0.6) is 5.75 Å². The average Bonchev–Trinajstić information content (AvgIpc) is 2.77. The summed E-state index contributed by atoms with van der Waals surface area (Å²) in [5, 5.41) is 3.11. The Bertz CT molecular complexity index is 885. The number of carbonyl (C=O) groups is 2. The van der Waals surface area contributed by atoms with E-state index in [0.29, 0.717) is 5.75 Å². The van der Waals surface area contributed by atoms with Gasteiger partial charge in [0, 0.05) is 17.1 Å². The minimum absolute atomic E-state index is 0.156. The Morgan fingerprint density at radius 1 is 1.16 bits per heavy atom. The maximum absolute atomic E-state index is 13.1. The van der Waals surface area contributed by atoms with E-state index in [1.165, 1.54) is 35.6 Å². The first-order valence-electron chi connectivity index (χ1n) is 10.6. The van der Waals surface area contributed by atoms with Crippen LogP contribution in [0, 0.1) is 5.82 Å². The van der Waals surface area contributed by atoms with Crippen LogP contribution in [-0.2, 0) is 16.1 Å².